The zero-order valence-electron chi connectivity index (χ0n) is 22.7. The van der Waals surface area contributed by atoms with Crippen molar-refractivity contribution in [1.82, 2.24) is 0 Å². The molecule has 4 rings (SSSR count). The van der Waals surface area contributed by atoms with Gasteiger partial charge in [-0.25, -0.2) is 4.58 Å². The third-order valence-electron chi connectivity index (χ3n) is 6.97. The molecule has 41 heavy (non-hydrogen) atoms. The minimum absolute atomic E-state index is 0.0378. The fourth-order valence-corrected chi connectivity index (χ4v) is 5.94. The summed E-state index contributed by atoms with van der Waals surface area (Å²) in [4.78, 5) is 0.844. The lowest BCUT2D eigenvalue weighted by molar-refractivity contribution is -0.534. The minimum Gasteiger partial charge on any atom is -0.506 e. The molecular weight excluding hydrogens is 568 g/mol. The third-order valence-corrected chi connectivity index (χ3v) is 8.69. The van der Waals surface area contributed by atoms with E-state index in [4.69, 9.17) is 0 Å². The van der Waals surface area contributed by atoms with Crippen LogP contribution < -0.4 is 4.90 Å². The van der Waals surface area contributed by atoms with E-state index in [1.807, 2.05) is 38.1 Å². The van der Waals surface area contributed by atoms with Gasteiger partial charge in [0, 0.05) is 42.1 Å². The van der Waals surface area contributed by atoms with Gasteiger partial charge in [0.15, 0.2) is 0 Å². The Bertz CT molecular complexity index is 1830. The van der Waals surface area contributed by atoms with Crippen molar-refractivity contribution in [1.29, 1.82) is 0 Å². The summed E-state index contributed by atoms with van der Waals surface area (Å²) < 4.78 is 69.6. The number of hydrogen-bond donors (Lipinski definition) is 4. The van der Waals surface area contributed by atoms with Crippen molar-refractivity contribution in [2.75, 3.05) is 31.8 Å². The highest BCUT2D eigenvalue weighted by atomic mass is 32.2. The second-order valence-electron chi connectivity index (χ2n) is 9.41. The zero-order valence-corrected chi connectivity index (χ0v) is 24.3. The van der Waals surface area contributed by atoms with Crippen LogP contribution in [0.3, 0.4) is 0 Å². The molecule has 0 amide bonds. The van der Waals surface area contributed by atoms with Crippen LogP contribution in [0, 0.1) is 0 Å². The smallest absolute Gasteiger partial charge is 0.298 e. The lowest BCUT2D eigenvalue weighted by atomic mass is 9.87. The molecule has 4 N–H and O–H groups in total. The van der Waals surface area contributed by atoms with Crippen molar-refractivity contribution in [3.63, 3.8) is 0 Å². The number of anilines is 1. The first-order valence-electron chi connectivity index (χ1n) is 12.7. The molecule has 3 aromatic carbocycles. The molecule has 216 valence electrons. The lowest BCUT2D eigenvalue weighted by Gasteiger charge is -2.22. The molecular formula is C29H31N2O8S2+. The Morgan fingerprint density at radius 2 is 1.46 bits per heavy atom. The van der Waals surface area contributed by atoms with Gasteiger partial charge in [-0.3, -0.25) is 9.11 Å². The number of aromatic hydroxyl groups is 1. The first kappa shape index (κ1) is 30.2. The maximum Gasteiger partial charge on any atom is 0.298 e. The van der Waals surface area contributed by atoms with E-state index in [9.17, 15) is 36.2 Å². The monoisotopic (exact) mass is 599 g/mol. The number of aliphatic hydroxyl groups excluding tert-OH is 1. The Labute approximate surface area is 239 Å². The van der Waals surface area contributed by atoms with Gasteiger partial charge in [-0.05, 0) is 78.2 Å². The second kappa shape index (κ2) is 11.6. The van der Waals surface area contributed by atoms with E-state index in [2.05, 4.69) is 4.90 Å². The molecule has 0 unspecified atom stereocenters. The van der Waals surface area contributed by atoms with E-state index in [1.54, 1.807) is 35.9 Å². The van der Waals surface area contributed by atoms with Gasteiger partial charge in [0.1, 0.15) is 17.7 Å². The molecule has 0 bridgehead atoms. The molecule has 0 heterocycles. The fraction of sp³-hybridized carbons (Fsp3) is 0.207. The third kappa shape index (κ3) is 6.11. The molecule has 3 aromatic rings. The molecule has 0 atom stereocenters. The fourth-order valence-electron chi connectivity index (χ4n) is 4.81. The molecule has 0 radical (unpaired) electrons. The van der Waals surface area contributed by atoms with Gasteiger partial charge in [0.2, 0.25) is 12.4 Å². The van der Waals surface area contributed by atoms with Gasteiger partial charge in [-0.1, -0.05) is 18.2 Å². The van der Waals surface area contributed by atoms with Crippen LogP contribution in [0.15, 0.2) is 88.2 Å². The normalized spacial score (nSPS) is 13.6. The topological polar surface area (TPSA) is 155 Å². The van der Waals surface area contributed by atoms with E-state index in [0.717, 1.165) is 37.0 Å². The quantitative estimate of drug-likeness (QED) is 0.172. The van der Waals surface area contributed by atoms with E-state index in [1.165, 1.54) is 6.07 Å². The van der Waals surface area contributed by atoms with Crippen molar-refractivity contribution >= 4 is 48.0 Å². The Hall–Kier alpha value is -3.81. The highest BCUT2D eigenvalue weighted by molar-refractivity contribution is 7.86. The standard InChI is InChI=1S/C29H30N2O8S2/c1-4-31(5-2)23-12-8-20(9-13-23)27(19-6-10-22(11-7-19)30(3)18-32)28-25-15-14-24(40(34,35)36)16-21(25)17-26(29(28)33)41(37,38)39/h6-17,32H,4-5,18H2,1-3H3,(H2,34,35,36,37,38,39)/p+1. The average Bonchev–Trinajstić information content (AvgIpc) is 2.94. The summed E-state index contributed by atoms with van der Waals surface area (Å²) in [5.41, 5.74) is 3.27. The van der Waals surface area contributed by atoms with Gasteiger partial charge >= 0.3 is 0 Å². The first-order chi connectivity index (χ1) is 19.3. The van der Waals surface area contributed by atoms with Crippen molar-refractivity contribution < 1.29 is 40.7 Å². The number of phenols is 1. The van der Waals surface area contributed by atoms with Gasteiger partial charge in [0.25, 0.3) is 20.2 Å². The Balaban J connectivity index is 2.13. The number of fused-ring (bicyclic) bond motifs is 1. The van der Waals surface area contributed by atoms with Crippen LogP contribution in [0.25, 0.3) is 16.3 Å². The van der Waals surface area contributed by atoms with E-state index >= 15 is 0 Å². The van der Waals surface area contributed by atoms with Gasteiger partial charge < -0.3 is 15.1 Å². The summed E-state index contributed by atoms with van der Waals surface area (Å²) >= 11 is 0. The minimum atomic E-state index is -4.96. The highest BCUT2D eigenvalue weighted by Crippen LogP contribution is 2.43. The molecule has 12 heteroatoms. The summed E-state index contributed by atoms with van der Waals surface area (Å²) in [5.74, 6) is -0.723. The van der Waals surface area contributed by atoms with Gasteiger partial charge in [-0.15, -0.1) is 0 Å². The van der Waals surface area contributed by atoms with E-state index in [-0.39, 0.29) is 23.1 Å². The number of aliphatic hydroxyl groups is 1. The summed E-state index contributed by atoms with van der Waals surface area (Å²) in [5, 5.41) is 21.2. The molecule has 0 fully saturated rings. The predicted octanol–water partition coefficient (Wildman–Crippen LogP) is 3.85. The molecule has 0 spiro atoms. The second-order valence-corrected chi connectivity index (χ2v) is 12.2. The van der Waals surface area contributed by atoms with Gasteiger partial charge in [-0.2, -0.15) is 16.8 Å². The Morgan fingerprint density at radius 1 is 0.854 bits per heavy atom. The molecule has 1 aliphatic rings. The molecule has 0 aliphatic heterocycles. The maximum atomic E-state index is 12.3. The number of hydrogen-bond acceptors (Lipinski definition) is 7. The molecule has 0 saturated carbocycles. The maximum absolute atomic E-state index is 12.3. The molecule has 1 aliphatic carbocycles. The summed E-state index contributed by atoms with van der Waals surface area (Å²) in [6.07, 6.45) is 6.98. The van der Waals surface area contributed by atoms with Crippen LogP contribution >= 0.6 is 0 Å². The zero-order chi connectivity index (χ0) is 30.1. The number of nitrogens with zero attached hydrogens (tertiary/aromatic N) is 2. The highest BCUT2D eigenvalue weighted by Gasteiger charge is 2.27. The Morgan fingerprint density at radius 3 is 1.98 bits per heavy atom. The SMILES string of the molecule is CCN(CC)c1ccc(C(=C2C=CC(=[N+](C)CO)C=C2)c2c(O)c(S(=O)(=O)O)cc3cc(S(=O)(=O)O)ccc23)cc1. The first-order valence-corrected chi connectivity index (χ1v) is 15.6. The lowest BCUT2D eigenvalue weighted by Crippen LogP contribution is -2.21. The van der Waals surface area contributed by atoms with Crippen LogP contribution in [0.1, 0.15) is 25.0 Å². The van der Waals surface area contributed by atoms with Crippen molar-refractivity contribution in [2.45, 2.75) is 23.6 Å². The van der Waals surface area contributed by atoms with Crippen LogP contribution in [-0.4, -0.2) is 73.3 Å². The van der Waals surface area contributed by atoms with Crippen LogP contribution in [0.2, 0.25) is 0 Å². The summed E-state index contributed by atoms with van der Waals surface area (Å²) in [7, 11) is -7.89. The van der Waals surface area contributed by atoms with Crippen LogP contribution in [0.4, 0.5) is 5.69 Å². The summed E-state index contributed by atoms with van der Waals surface area (Å²) in [6, 6.07) is 12.0. The number of benzene rings is 3. The van der Waals surface area contributed by atoms with Crippen LogP contribution in [0.5, 0.6) is 5.75 Å². The number of rotatable bonds is 8. The van der Waals surface area contributed by atoms with Crippen molar-refractivity contribution in [3.05, 3.63) is 89.5 Å². The van der Waals surface area contributed by atoms with Crippen molar-refractivity contribution in [3.8, 4) is 5.75 Å². The molecule has 10 nitrogen and oxygen atoms in total. The number of allylic oxidation sites excluding steroid dienone is 5. The largest absolute Gasteiger partial charge is 0.506 e. The molecule has 0 saturated heterocycles. The van der Waals surface area contributed by atoms with Crippen LogP contribution in [-0.2, 0) is 20.2 Å². The summed E-state index contributed by atoms with van der Waals surface area (Å²) in [6.45, 7) is 5.41. The van der Waals surface area contributed by atoms with Gasteiger partial charge in [0.05, 0.1) is 4.90 Å². The average molecular weight is 600 g/mol. The van der Waals surface area contributed by atoms with Crippen molar-refractivity contribution in [2.24, 2.45) is 0 Å². The Kier molecular flexibility index (Phi) is 8.52. The van der Waals surface area contributed by atoms with E-state index < -0.39 is 35.8 Å². The number of phenolic OH excluding ortho intramolecular Hbond substituents is 1. The van der Waals surface area contributed by atoms with E-state index in [0.29, 0.717) is 22.4 Å². The molecule has 0 aromatic heterocycles. The predicted molar refractivity (Wildman–Crippen MR) is 158 cm³/mol.